The molecule has 0 bridgehead atoms. The Morgan fingerprint density at radius 2 is 2.15 bits per heavy atom. The molecule has 0 atom stereocenters. The second-order valence-corrected chi connectivity index (χ2v) is 4.14. The number of rotatable bonds is 5. The Balaban J connectivity index is 2.37. The van der Waals surface area contributed by atoms with Crippen LogP contribution in [-0.2, 0) is 4.79 Å². The maximum absolute atomic E-state index is 11.5. The Morgan fingerprint density at radius 3 is 2.75 bits per heavy atom. The summed E-state index contributed by atoms with van der Waals surface area (Å²) in [5.41, 5.74) is 1.33. The van der Waals surface area contributed by atoms with Crippen LogP contribution in [0.5, 0.6) is 5.75 Å². The largest absolute Gasteiger partial charge is 0.495 e. The van der Waals surface area contributed by atoms with Crippen LogP contribution in [0.2, 0.25) is 0 Å². The van der Waals surface area contributed by atoms with Crippen molar-refractivity contribution < 1.29 is 18.7 Å². The van der Waals surface area contributed by atoms with Gasteiger partial charge < -0.3 is 14.5 Å². The van der Waals surface area contributed by atoms with Gasteiger partial charge in [0.25, 0.3) is 0 Å². The molecule has 104 valence electrons. The summed E-state index contributed by atoms with van der Waals surface area (Å²) in [5.74, 6) is 1.28. The number of nitrogens with one attached hydrogen (secondary N) is 1. The predicted octanol–water partition coefficient (Wildman–Crippen LogP) is 3.12. The average molecular weight is 273 g/mol. The molecule has 2 rings (SSSR count). The molecule has 0 spiro atoms. The van der Waals surface area contributed by atoms with Crippen molar-refractivity contribution in [3.05, 3.63) is 36.1 Å². The van der Waals surface area contributed by atoms with Crippen LogP contribution >= 0.6 is 0 Å². The van der Waals surface area contributed by atoms with Gasteiger partial charge in [0, 0.05) is 12.0 Å². The van der Waals surface area contributed by atoms with E-state index in [0.717, 1.165) is 5.56 Å². The highest BCUT2D eigenvalue weighted by Crippen LogP contribution is 2.31. The molecule has 5 nitrogen and oxygen atoms in total. The number of anilines is 1. The quantitative estimate of drug-likeness (QED) is 0.850. The van der Waals surface area contributed by atoms with Gasteiger partial charge in [-0.1, -0.05) is 6.92 Å². The van der Waals surface area contributed by atoms with E-state index in [-0.39, 0.29) is 11.7 Å². The number of carbonyl (C=O) groups excluding carboxylic acids is 2. The van der Waals surface area contributed by atoms with E-state index < -0.39 is 0 Å². The monoisotopic (exact) mass is 273 g/mol. The zero-order chi connectivity index (χ0) is 14.5. The Morgan fingerprint density at radius 1 is 1.35 bits per heavy atom. The highest BCUT2D eigenvalue weighted by Gasteiger charge is 2.10. The third-order valence-electron chi connectivity index (χ3n) is 2.82. The van der Waals surface area contributed by atoms with E-state index in [4.69, 9.17) is 9.15 Å². The van der Waals surface area contributed by atoms with E-state index in [0.29, 0.717) is 29.9 Å². The van der Waals surface area contributed by atoms with Crippen molar-refractivity contribution in [3.8, 4) is 17.1 Å². The van der Waals surface area contributed by atoms with Crippen LogP contribution < -0.4 is 10.1 Å². The number of benzene rings is 1. The molecule has 1 heterocycles. The van der Waals surface area contributed by atoms with Crippen molar-refractivity contribution in [2.75, 3.05) is 12.4 Å². The van der Waals surface area contributed by atoms with Gasteiger partial charge in [0.05, 0.1) is 12.8 Å². The minimum atomic E-state index is -0.103. The number of amides is 1. The molecule has 5 heteroatoms. The summed E-state index contributed by atoms with van der Waals surface area (Å²) < 4.78 is 10.6. The third kappa shape index (κ3) is 2.88. The van der Waals surface area contributed by atoms with Gasteiger partial charge in [-0.2, -0.15) is 0 Å². The molecular formula is C15H15NO4. The molecule has 1 N–H and O–H groups in total. The first-order chi connectivity index (χ1) is 9.67. The zero-order valence-corrected chi connectivity index (χ0v) is 11.3. The highest BCUT2D eigenvalue weighted by molar-refractivity contribution is 5.93. The smallest absolute Gasteiger partial charge is 0.224 e. The van der Waals surface area contributed by atoms with Crippen LogP contribution in [-0.4, -0.2) is 19.3 Å². The highest BCUT2D eigenvalue weighted by atomic mass is 16.5. The van der Waals surface area contributed by atoms with Gasteiger partial charge in [-0.25, -0.2) is 0 Å². The Bertz CT molecular complexity index is 631. The molecule has 0 unspecified atom stereocenters. The van der Waals surface area contributed by atoms with Crippen molar-refractivity contribution in [1.29, 1.82) is 0 Å². The maximum atomic E-state index is 11.5. The van der Waals surface area contributed by atoms with Gasteiger partial charge in [0.1, 0.15) is 11.5 Å². The molecule has 1 aromatic carbocycles. The molecule has 1 amide bonds. The van der Waals surface area contributed by atoms with E-state index in [2.05, 4.69) is 5.32 Å². The summed E-state index contributed by atoms with van der Waals surface area (Å²) in [6, 6.07) is 8.59. The van der Waals surface area contributed by atoms with Gasteiger partial charge in [-0.3, -0.25) is 9.59 Å². The lowest BCUT2D eigenvalue weighted by atomic mass is 10.1. The second-order valence-electron chi connectivity index (χ2n) is 4.14. The van der Waals surface area contributed by atoms with Gasteiger partial charge in [0.2, 0.25) is 5.91 Å². The van der Waals surface area contributed by atoms with Gasteiger partial charge in [0.15, 0.2) is 12.0 Å². The van der Waals surface area contributed by atoms with Crippen LogP contribution in [0.3, 0.4) is 0 Å². The number of hydrogen-bond donors (Lipinski definition) is 1. The van der Waals surface area contributed by atoms with E-state index in [1.165, 1.54) is 7.11 Å². The van der Waals surface area contributed by atoms with E-state index in [1.807, 2.05) is 0 Å². The first-order valence-corrected chi connectivity index (χ1v) is 6.21. The molecular weight excluding hydrogens is 258 g/mol. The molecule has 0 aliphatic heterocycles. The maximum Gasteiger partial charge on any atom is 0.224 e. The Hall–Kier alpha value is -2.56. The predicted molar refractivity (Wildman–Crippen MR) is 75.0 cm³/mol. The normalized spacial score (nSPS) is 10.1. The second kappa shape index (κ2) is 6.06. The zero-order valence-electron chi connectivity index (χ0n) is 11.3. The number of carbonyl (C=O) groups is 2. The summed E-state index contributed by atoms with van der Waals surface area (Å²) in [5, 5.41) is 2.77. The fourth-order valence-electron chi connectivity index (χ4n) is 1.77. The molecule has 20 heavy (non-hydrogen) atoms. The average Bonchev–Trinajstić information content (AvgIpc) is 2.96. The van der Waals surface area contributed by atoms with Crippen LogP contribution in [0, 0.1) is 0 Å². The van der Waals surface area contributed by atoms with Crippen molar-refractivity contribution >= 4 is 17.9 Å². The number of ether oxygens (including phenoxy) is 1. The lowest BCUT2D eigenvalue weighted by molar-refractivity contribution is -0.115. The Kier molecular flexibility index (Phi) is 4.20. The molecule has 0 saturated carbocycles. The summed E-state index contributed by atoms with van der Waals surface area (Å²) >= 11 is 0. The minimum absolute atomic E-state index is 0.103. The van der Waals surface area contributed by atoms with Gasteiger partial charge in [-0.15, -0.1) is 0 Å². The molecule has 2 aromatic rings. The summed E-state index contributed by atoms with van der Waals surface area (Å²) in [7, 11) is 1.54. The van der Waals surface area contributed by atoms with Gasteiger partial charge in [-0.05, 0) is 30.3 Å². The number of methoxy groups -OCH3 is 1. The summed E-state index contributed by atoms with van der Waals surface area (Å²) in [6.45, 7) is 1.77. The van der Waals surface area contributed by atoms with Crippen molar-refractivity contribution in [3.63, 3.8) is 0 Å². The lowest BCUT2D eigenvalue weighted by Gasteiger charge is -2.10. The van der Waals surface area contributed by atoms with Crippen molar-refractivity contribution in [2.24, 2.45) is 0 Å². The van der Waals surface area contributed by atoms with E-state index in [9.17, 15) is 9.59 Å². The van der Waals surface area contributed by atoms with Gasteiger partial charge >= 0.3 is 0 Å². The van der Waals surface area contributed by atoms with Crippen LogP contribution in [0.15, 0.2) is 34.7 Å². The lowest BCUT2D eigenvalue weighted by Crippen LogP contribution is -2.10. The van der Waals surface area contributed by atoms with Crippen molar-refractivity contribution in [1.82, 2.24) is 0 Å². The topological polar surface area (TPSA) is 68.5 Å². The molecule has 0 saturated heterocycles. The van der Waals surface area contributed by atoms with E-state index in [1.54, 1.807) is 37.3 Å². The van der Waals surface area contributed by atoms with Crippen LogP contribution in [0.1, 0.15) is 23.9 Å². The molecule has 1 aromatic heterocycles. The first-order valence-electron chi connectivity index (χ1n) is 6.21. The molecule has 0 fully saturated rings. The van der Waals surface area contributed by atoms with Crippen LogP contribution in [0.4, 0.5) is 5.69 Å². The standard InChI is InChI=1S/C15H15NO4/c1-3-15(18)16-12-8-10(4-6-14(12)19-2)13-7-5-11(9-17)20-13/h4-9H,3H2,1-2H3,(H,16,18). The van der Waals surface area contributed by atoms with E-state index >= 15 is 0 Å². The minimum Gasteiger partial charge on any atom is -0.495 e. The Labute approximate surface area is 116 Å². The molecule has 0 aliphatic carbocycles. The molecule has 0 radical (unpaired) electrons. The SMILES string of the molecule is CCC(=O)Nc1cc(-c2ccc(C=O)o2)ccc1OC. The number of furan rings is 1. The third-order valence-corrected chi connectivity index (χ3v) is 2.82. The fraction of sp³-hybridized carbons (Fsp3) is 0.200. The molecule has 0 aliphatic rings. The summed E-state index contributed by atoms with van der Waals surface area (Å²) in [4.78, 5) is 22.1. The van der Waals surface area contributed by atoms with Crippen LogP contribution in [0.25, 0.3) is 11.3 Å². The summed E-state index contributed by atoms with van der Waals surface area (Å²) in [6.07, 6.45) is 1.02. The van der Waals surface area contributed by atoms with Crippen molar-refractivity contribution in [2.45, 2.75) is 13.3 Å². The number of aldehydes is 1. The first kappa shape index (κ1) is 13.9. The fourth-order valence-corrected chi connectivity index (χ4v) is 1.77. The number of hydrogen-bond acceptors (Lipinski definition) is 4.